The van der Waals surface area contributed by atoms with Crippen molar-refractivity contribution in [2.45, 2.75) is 32.1 Å². The third-order valence-electron chi connectivity index (χ3n) is 4.51. The normalized spacial score (nSPS) is 20.2. The van der Waals surface area contributed by atoms with Gasteiger partial charge in [-0.25, -0.2) is 4.79 Å². The summed E-state index contributed by atoms with van der Waals surface area (Å²) < 4.78 is 10.9. The zero-order chi connectivity index (χ0) is 14.0. The van der Waals surface area contributed by atoms with E-state index in [1.54, 1.807) is 6.07 Å². The number of rotatable bonds is 1. The molecule has 0 bridgehead atoms. The number of fused-ring (bicyclic) bond motifs is 1. The Morgan fingerprint density at radius 3 is 2.85 bits per heavy atom. The van der Waals surface area contributed by atoms with Crippen molar-refractivity contribution in [2.24, 2.45) is 5.41 Å². The van der Waals surface area contributed by atoms with Gasteiger partial charge in [-0.05, 0) is 25.0 Å². The summed E-state index contributed by atoms with van der Waals surface area (Å²) in [6.07, 6.45) is 6.25. The lowest BCUT2D eigenvalue weighted by Gasteiger charge is -2.35. The third kappa shape index (κ3) is 2.35. The minimum absolute atomic E-state index is 0.213. The Kier molecular flexibility index (Phi) is 3.55. The molecule has 0 radical (unpaired) electrons. The molecule has 1 N–H and O–H groups in total. The van der Waals surface area contributed by atoms with Crippen LogP contribution >= 0.6 is 0 Å². The van der Waals surface area contributed by atoms with E-state index < -0.39 is 0 Å². The average Bonchev–Trinajstić information content (AvgIpc) is 2.68. The summed E-state index contributed by atoms with van der Waals surface area (Å²) >= 11 is 0. The lowest BCUT2D eigenvalue weighted by atomic mass is 9.74. The molecule has 0 saturated heterocycles. The maximum absolute atomic E-state index is 11.8. The van der Waals surface area contributed by atoms with Gasteiger partial charge in [0.15, 0.2) is 5.75 Å². The summed E-state index contributed by atoms with van der Waals surface area (Å²) in [7, 11) is 1.40. The fourth-order valence-electron chi connectivity index (χ4n) is 3.28. The van der Waals surface area contributed by atoms with Gasteiger partial charge in [0.2, 0.25) is 0 Å². The predicted octanol–water partition coefficient (Wildman–Crippen LogP) is 3.23. The second kappa shape index (κ2) is 5.35. The van der Waals surface area contributed by atoms with E-state index in [0.717, 1.165) is 12.2 Å². The van der Waals surface area contributed by atoms with E-state index in [0.29, 0.717) is 17.9 Å². The van der Waals surface area contributed by atoms with Crippen molar-refractivity contribution in [3.05, 3.63) is 23.8 Å². The van der Waals surface area contributed by atoms with Gasteiger partial charge >= 0.3 is 5.97 Å². The molecule has 1 aliphatic heterocycles. The van der Waals surface area contributed by atoms with Crippen molar-refractivity contribution in [1.29, 1.82) is 0 Å². The Morgan fingerprint density at radius 2 is 2.10 bits per heavy atom. The number of nitrogens with one attached hydrogen (secondary N) is 1. The van der Waals surface area contributed by atoms with Crippen molar-refractivity contribution in [2.75, 3.05) is 25.6 Å². The van der Waals surface area contributed by atoms with E-state index in [-0.39, 0.29) is 11.4 Å². The zero-order valence-electron chi connectivity index (χ0n) is 11.9. The van der Waals surface area contributed by atoms with E-state index >= 15 is 0 Å². The maximum Gasteiger partial charge on any atom is 0.341 e. The summed E-state index contributed by atoms with van der Waals surface area (Å²) in [4.78, 5) is 11.8. The quantitative estimate of drug-likeness (QED) is 0.799. The SMILES string of the molecule is COC(=O)c1cccc2c1OCC1(CCCCC1)CN2. The Bertz CT molecular complexity index is 506. The summed E-state index contributed by atoms with van der Waals surface area (Å²) in [5.74, 6) is 0.296. The number of carbonyl (C=O) groups is 1. The molecule has 1 heterocycles. The third-order valence-corrected chi connectivity index (χ3v) is 4.51. The summed E-state index contributed by atoms with van der Waals surface area (Å²) in [5.41, 5.74) is 1.62. The maximum atomic E-state index is 11.8. The van der Waals surface area contributed by atoms with E-state index in [1.807, 2.05) is 12.1 Å². The van der Waals surface area contributed by atoms with Crippen LogP contribution in [0, 0.1) is 5.41 Å². The molecule has 4 nitrogen and oxygen atoms in total. The van der Waals surface area contributed by atoms with Gasteiger partial charge < -0.3 is 14.8 Å². The molecule has 0 aromatic heterocycles. The molecule has 1 spiro atoms. The molecular weight excluding hydrogens is 254 g/mol. The van der Waals surface area contributed by atoms with Crippen LogP contribution in [0.5, 0.6) is 5.75 Å². The van der Waals surface area contributed by atoms with E-state index in [2.05, 4.69) is 5.32 Å². The number of para-hydroxylation sites is 1. The molecule has 0 unspecified atom stereocenters. The molecule has 0 amide bonds. The van der Waals surface area contributed by atoms with Crippen LogP contribution < -0.4 is 10.1 Å². The van der Waals surface area contributed by atoms with Gasteiger partial charge in [-0.1, -0.05) is 25.3 Å². The van der Waals surface area contributed by atoms with Gasteiger partial charge in [-0.15, -0.1) is 0 Å². The minimum atomic E-state index is -0.344. The molecule has 1 aliphatic carbocycles. The predicted molar refractivity (Wildman–Crippen MR) is 77.3 cm³/mol. The lowest BCUT2D eigenvalue weighted by molar-refractivity contribution is 0.0590. The molecule has 0 atom stereocenters. The minimum Gasteiger partial charge on any atom is -0.490 e. The molecule has 2 aliphatic rings. The van der Waals surface area contributed by atoms with Crippen LogP contribution in [-0.4, -0.2) is 26.2 Å². The number of ether oxygens (including phenoxy) is 2. The molecule has 3 rings (SSSR count). The van der Waals surface area contributed by atoms with E-state index in [4.69, 9.17) is 9.47 Å². The first kappa shape index (κ1) is 13.3. The molecule has 108 valence electrons. The lowest BCUT2D eigenvalue weighted by Crippen LogP contribution is -2.36. The number of carbonyl (C=O) groups excluding carboxylic acids is 1. The number of methoxy groups -OCH3 is 1. The first-order chi connectivity index (χ1) is 9.74. The standard InChI is InChI=1S/C16H21NO3/c1-19-15(18)12-6-5-7-13-14(12)20-11-16(10-17-13)8-3-2-4-9-16/h5-7,17H,2-4,8-11H2,1H3. The first-order valence-electron chi connectivity index (χ1n) is 7.32. The highest BCUT2D eigenvalue weighted by Crippen LogP contribution is 2.41. The van der Waals surface area contributed by atoms with Crippen molar-refractivity contribution in [3.8, 4) is 5.75 Å². The van der Waals surface area contributed by atoms with Crippen LogP contribution in [0.2, 0.25) is 0 Å². The van der Waals surface area contributed by atoms with Crippen molar-refractivity contribution in [1.82, 2.24) is 0 Å². The first-order valence-corrected chi connectivity index (χ1v) is 7.32. The number of esters is 1. The monoisotopic (exact) mass is 275 g/mol. The zero-order valence-corrected chi connectivity index (χ0v) is 11.9. The van der Waals surface area contributed by atoms with Crippen LogP contribution in [0.3, 0.4) is 0 Å². The molecule has 20 heavy (non-hydrogen) atoms. The van der Waals surface area contributed by atoms with Crippen LogP contribution in [-0.2, 0) is 4.74 Å². The van der Waals surface area contributed by atoms with Crippen LogP contribution in [0.1, 0.15) is 42.5 Å². The van der Waals surface area contributed by atoms with Crippen molar-refractivity contribution in [3.63, 3.8) is 0 Å². The highest BCUT2D eigenvalue weighted by atomic mass is 16.5. The Labute approximate surface area is 119 Å². The topological polar surface area (TPSA) is 47.6 Å². The largest absolute Gasteiger partial charge is 0.490 e. The van der Waals surface area contributed by atoms with Gasteiger partial charge in [0, 0.05) is 12.0 Å². The number of hydrogen-bond donors (Lipinski definition) is 1. The second-order valence-corrected chi connectivity index (χ2v) is 5.88. The van der Waals surface area contributed by atoms with Crippen LogP contribution in [0.4, 0.5) is 5.69 Å². The highest BCUT2D eigenvalue weighted by molar-refractivity contribution is 5.94. The van der Waals surface area contributed by atoms with E-state index in [1.165, 1.54) is 39.2 Å². The molecular formula is C16H21NO3. The fourth-order valence-corrected chi connectivity index (χ4v) is 3.28. The number of hydrogen-bond acceptors (Lipinski definition) is 4. The Balaban J connectivity index is 1.88. The number of anilines is 1. The number of benzene rings is 1. The smallest absolute Gasteiger partial charge is 0.341 e. The van der Waals surface area contributed by atoms with Gasteiger partial charge in [-0.2, -0.15) is 0 Å². The highest BCUT2D eigenvalue weighted by Gasteiger charge is 2.35. The molecule has 1 aromatic rings. The van der Waals surface area contributed by atoms with E-state index in [9.17, 15) is 4.79 Å². The average molecular weight is 275 g/mol. The molecule has 1 fully saturated rings. The van der Waals surface area contributed by atoms with Gasteiger partial charge in [0.1, 0.15) is 5.56 Å². The molecule has 1 saturated carbocycles. The Morgan fingerprint density at radius 1 is 1.30 bits per heavy atom. The molecule has 4 heteroatoms. The van der Waals surface area contributed by atoms with Gasteiger partial charge in [0.25, 0.3) is 0 Å². The van der Waals surface area contributed by atoms with Crippen molar-refractivity contribution < 1.29 is 14.3 Å². The summed E-state index contributed by atoms with van der Waals surface area (Å²) in [6, 6.07) is 5.58. The van der Waals surface area contributed by atoms with Crippen LogP contribution in [0.15, 0.2) is 18.2 Å². The summed E-state index contributed by atoms with van der Waals surface area (Å²) in [5, 5.41) is 3.47. The fraction of sp³-hybridized carbons (Fsp3) is 0.562. The Hall–Kier alpha value is -1.71. The van der Waals surface area contributed by atoms with Crippen molar-refractivity contribution >= 4 is 11.7 Å². The van der Waals surface area contributed by atoms with Crippen LogP contribution in [0.25, 0.3) is 0 Å². The van der Waals surface area contributed by atoms with Gasteiger partial charge in [0.05, 0.1) is 19.4 Å². The summed E-state index contributed by atoms with van der Waals surface area (Å²) in [6.45, 7) is 1.60. The second-order valence-electron chi connectivity index (χ2n) is 5.88. The van der Waals surface area contributed by atoms with Gasteiger partial charge in [-0.3, -0.25) is 0 Å². The molecule has 1 aromatic carbocycles.